The van der Waals surface area contributed by atoms with Gasteiger partial charge in [0.15, 0.2) is 0 Å². The van der Waals surface area contributed by atoms with E-state index in [2.05, 4.69) is 5.32 Å². The van der Waals surface area contributed by atoms with Crippen LogP contribution in [0.3, 0.4) is 0 Å². The van der Waals surface area contributed by atoms with Gasteiger partial charge in [0.1, 0.15) is 0 Å². The molecule has 1 unspecified atom stereocenters. The van der Waals surface area contributed by atoms with Crippen molar-refractivity contribution in [2.75, 3.05) is 0 Å². The summed E-state index contributed by atoms with van der Waals surface area (Å²) in [5.41, 5.74) is 2.48. The van der Waals surface area contributed by atoms with Crippen LogP contribution in [0.15, 0.2) is 59.5 Å². The van der Waals surface area contributed by atoms with Crippen molar-refractivity contribution in [3.05, 3.63) is 65.9 Å². The number of rotatable bonds is 3. The second-order valence-corrected chi connectivity index (χ2v) is 9.52. The minimum atomic E-state index is -3.73. The molecule has 1 saturated heterocycles. The molecule has 2 heterocycles. The van der Waals surface area contributed by atoms with E-state index in [1.807, 2.05) is 37.3 Å². The molecule has 1 fully saturated rings. The van der Waals surface area contributed by atoms with Crippen molar-refractivity contribution in [3.8, 4) is 0 Å². The van der Waals surface area contributed by atoms with E-state index in [0.29, 0.717) is 11.9 Å². The summed E-state index contributed by atoms with van der Waals surface area (Å²) in [6.45, 7) is 2.02. The van der Waals surface area contributed by atoms with Crippen LogP contribution in [0.2, 0.25) is 0 Å². The first-order chi connectivity index (χ1) is 13.5. The van der Waals surface area contributed by atoms with Gasteiger partial charge in [-0.05, 0) is 43.4 Å². The van der Waals surface area contributed by atoms with Crippen LogP contribution >= 0.6 is 0 Å². The minimum Gasteiger partial charge on any atom is -0.349 e. The number of para-hydroxylation sites is 1. The van der Waals surface area contributed by atoms with Gasteiger partial charge in [0, 0.05) is 22.6 Å². The van der Waals surface area contributed by atoms with Crippen LogP contribution < -0.4 is 5.32 Å². The number of fused-ring (bicyclic) bond motifs is 6. The van der Waals surface area contributed by atoms with Crippen LogP contribution in [0.5, 0.6) is 0 Å². The lowest BCUT2D eigenvalue weighted by Gasteiger charge is -2.40. The molecule has 1 aliphatic heterocycles. The first-order valence-electron chi connectivity index (χ1n) is 9.75. The number of nitrogens with zero attached hydrogens (tertiary/aromatic N) is 1. The smallest absolute Gasteiger partial charge is 0.268 e. The molecule has 1 amide bonds. The zero-order chi connectivity index (χ0) is 19.5. The fraction of sp³-hybridized carbons (Fsp3) is 0.318. The van der Waals surface area contributed by atoms with Gasteiger partial charge >= 0.3 is 0 Å². The Morgan fingerprint density at radius 2 is 1.79 bits per heavy atom. The van der Waals surface area contributed by atoms with Crippen LogP contribution in [0.1, 0.15) is 37.1 Å². The van der Waals surface area contributed by atoms with Crippen LogP contribution in [0.4, 0.5) is 0 Å². The summed E-state index contributed by atoms with van der Waals surface area (Å²) < 4.78 is 28.7. The maximum absolute atomic E-state index is 13.6. The number of benzene rings is 2. The van der Waals surface area contributed by atoms with Gasteiger partial charge in [-0.15, -0.1) is 0 Å². The maximum atomic E-state index is 13.6. The van der Waals surface area contributed by atoms with E-state index < -0.39 is 10.0 Å². The normalized spacial score (nSPS) is 24.0. The third-order valence-electron chi connectivity index (χ3n) is 6.26. The topological polar surface area (TPSA) is 68.2 Å². The third-order valence-corrected chi connectivity index (χ3v) is 8.02. The summed E-state index contributed by atoms with van der Waals surface area (Å²) >= 11 is 0. The predicted octanol–water partition coefficient (Wildman–Crippen LogP) is 3.64. The van der Waals surface area contributed by atoms with Crippen LogP contribution in [0.25, 0.3) is 10.9 Å². The number of hydrogen-bond donors (Lipinski definition) is 1. The van der Waals surface area contributed by atoms with Crippen molar-refractivity contribution in [1.82, 2.24) is 9.29 Å². The molecule has 144 valence electrons. The monoisotopic (exact) mass is 394 g/mol. The van der Waals surface area contributed by atoms with Crippen molar-refractivity contribution < 1.29 is 13.2 Å². The Morgan fingerprint density at radius 3 is 2.54 bits per heavy atom. The second-order valence-electron chi connectivity index (χ2n) is 7.74. The van der Waals surface area contributed by atoms with E-state index in [4.69, 9.17) is 0 Å². The Hall–Kier alpha value is -2.60. The van der Waals surface area contributed by atoms with Crippen LogP contribution in [-0.2, 0) is 21.2 Å². The highest BCUT2D eigenvalue weighted by atomic mass is 32.2. The minimum absolute atomic E-state index is 0.0599. The van der Waals surface area contributed by atoms with E-state index in [1.165, 1.54) is 3.97 Å². The standard InChI is InChI=1S/C22H22N2O3S/c1-2-16-14-12-18(23-22(16)25)21-17-10-6-7-11-19(17)24(20(21)13-14)28(26,27)15-8-4-3-5-9-15/h3-11,14,16,18H,2,12-13H2,1H3,(H,23,25)/t14-,16?,18+/m1/s1. The summed E-state index contributed by atoms with van der Waals surface area (Å²) in [6, 6.07) is 16.1. The summed E-state index contributed by atoms with van der Waals surface area (Å²) in [4.78, 5) is 12.9. The maximum Gasteiger partial charge on any atom is 0.268 e. The molecule has 5 rings (SSSR count). The van der Waals surface area contributed by atoms with Gasteiger partial charge in [-0.25, -0.2) is 12.4 Å². The number of amides is 1. The highest BCUT2D eigenvalue weighted by molar-refractivity contribution is 7.90. The summed E-state index contributed by atoms with van der Waals surface area (Å²) in [7, 11) is -3.73. The molecule has 3 atom stereocenters. The highest BCUT2D eigenvalue weighted by Gasteiger charge is 2.44. The molecule has 0 spiro atoms. The predicted molar refractivity (Wildman–Crippen MR) is 107 cm³/mol. The zero-order valence-electron chi connectivity index (χ0n) is 15.6. The summed E-state index contributed by atoms with van der Waals surface area (Å²) in [5.74, 6) is 0.206. The Labute approximate surface area is 164 Å². The molecule has 5 nitrogen and oxygen atoms in total. The third kappa shape index (κ3) is 2.37. The molecule has 0 radical (unpaired) electrons. The lowest BCUT2D eigenvalue weighted by Crippen LogP contribution is -2.47. The van der Waals surface area contributed by atoms with Gasteiger partial charge in [-0.3, -0.25) is 4.79 Å². The Balaban J connectivity index is 1.80. The lowest BCUT2D eigenvalue weighted by atomic mass is 9.72. The number of hydrogen-bond acceptors (Lipinski definition) is 3. The van der Waals surface area contributed by atoms with E-state index >= 15 is 0 Å². The highest BCUT2D eigenvalue weighted by Crippen LogP contribution is 2.46. The molecule has 28 heavy (non-hydrogen) atoms. The Kier molecular flexibility index (Phi) is 3.88. The summed E-state index contributed by atoms with van der Waals surface area (Å²) in [5, 5.41) is 4.07. The SMILES string of the molecule is CCC1C(=O)N[C@H]2C[C@@H]1Cc1c2c2ccccc2n1S(=O)(=O)c1ccccc1. The van der Waals surface area contributed by atoms with Gasteiger partial charge in [-0.1, -0.05) is 43.3 Å². The average Bonchev–Trinajstić information content (AvgIpc) is 3.04. The van der Waals surface area contributed by atoms with Crippen molar-refractivity contribution in [3.63, 3.8) is 0 Å². The fourth-order valence-corrected chi connectivity index (χ4v) is 6.64. The van der Waals surface area contributed by atoms with E-state index in [-0.39, 0.29) is 28.7 Å². The van der Waals surface area contributed by atoms with Gasteiger partial charge in [0.05, 0.1) is 16.5 Å². The number of piperidine rings is 1. The number of carbonyl (C=O) groups excluding carboxylic acids is 1. The molecule has 2 aliphatic rings. The molecule has 1 aliphatic carbocycles. The van der Waals surface area contributed by atoms with E-state index in [9.17, 15) is 13.2 Å². The Bertz CT molecular complexity index is 1180. The summed E-state index contributed by atoms with van der Waals surface area (Å²) in [6.07, 6.45) is 2.25. The van der Waals surface area contributed by atoms with E-state index in [0.717, 1.165) is 29.5 Å². The first kappa shape index (κ1) is 17.5. The molecule has 2 bridgehead atoms. The first-order valence-corrected chi connectivity index (χ1v) is 11.2. The molecule has 3 aromatic rings. The molecular weight excluding hydrogens is 372 g/mol. The number of aromatic nitrogens is 1. The van der Waals surface area contributed by atoms with Crippen molar-refractivity contribution >= 4 is 26.8 Å². The zero-order valence-corrected chi connectivity index (χ0v) is 16.4. The van der Waals surface area contributed by atoms with Crippen LogP contribution in [-0.4, -0.2) is 18.3 Å². The van der Waals surface area contributed by atoms with Gasteiger partial charge in [0.2, 0.25) is 5.91 Å². The molecule has 1 aromatic heterocycles. The van der Waals surface area contributed by atoms with Crippen molar-refractivity contribution in [1.29, 1.82) is 0 Å². The van der Waals surface area contributed by atoms with Crippen molar-refractivity contribution in [2.24, 2.45) is 11.8 Å². The lowest BCUT2D eigenvalue weighted by molar-refractivity contribution is -0.130. The molecule has 1 N–H and O–H groups in total. The molecular formula is C22H22N2O3S. The molecule has 2 aromatic carbocycles. The molecule has 0 saturated carbocycles. The van der Waals surface area contributed by atoms with E-state index in [1.54, 1.807) is 24.3 Å². The average molecular weight is 394 g/mol. The molecule has 6 heteroatoms. The van der Waals surface area contributed by atoms with Crippen molar-refractivity contribution in [2.45, 2.75) is 37.1 Å². The Morgan fingerprint density at radius 1 is 1.07 bits per heavy atom. The fourth-order valence-electron chi connectivity index (χ4n) is 5.04. The van der Waals surface area contributed by atoms with Gasteiger partial charge < -0.3 is 5.32 Å². The second kappa shape index (κ2) is 6.21. The van der Waals surface area contributed by atoms with Gasteiger partial charge in [0.25, 0.3) is 10.0 Å². The largest absolute Gasteiger partial charge is 0.349 e. The van der Waals surface area contributed by atoms with Crippen LogP contribution in [0, 0.1) is 11.8 Å². The number of carbonyl (C=O) groups is 1. The van der Waals surface area contributed by atoms with Gasteiger partial charge in [-0.2, -0.15) is 0 Å². The number of nitrogens with one attached hydrogen (secondary N) is 1. The quantitative estimate of drug-likeness (QED) is 0.737.